The van der Waals surface area contributed by atoms with Gasteiger partial charge in [-0.25, -0.2) is 0 Å². The zero-order valence-corrected chi connectivity index (χ0v) is 38.7. The third-order valence-corrected chi connectivity index (χ3v) is 16.4. The molecule has 0 spiro atoms. The summed E-state index contributed by atoms with van der Waals surface area (Å²) in [5.41, 5.74) is 5.40. The fourth-order valence-electron chi connectivity index (χ4n) is 10.6. The van der Waals surface area contributed by atoms with E-state index in [4.69, 9.17) is 0 Å². The molecule has 0 radical (unpaired) electrons. The maximum atomic E-state index is 2.45. The van der Waals surface area contributed by atoms with Gasteiger partial charge in [0.25, 0.3) is 0 Å². The van der Waals surface area contributed by atoms with E-state index in [2.05, 4.69) is 201 Å². The fraction of sp³-hybridized carbons (Fsp3) is 0.125. The Morgan fingerprint density at radius 1 is 0.424 bits per heavy atom. The van der Waals surface area contributed by atoms with Crippen molar-refractivity contribution in [2.45, 2.75) is 55.6 Å². The van der Waals surface area contributed by atoms with E-state index in [-0.39, 0.29) is 0 Å². The van der Waals surface area contributed by atoms with E-state index in [0.717, 1.165) is 6.42 Å². The first kappa shape index (κ1) is 39.6. The molecule has 12 aromatic rings. The molecule has 0 aliphatic carbocycles. The van der Waals surface area contributed by atoms with Crippen LogP contribution in [0.5, 0.6) is 0 Å². The minimum absolute atomic E-state index is 0.425. The van der Waals surface area contributed by atoms with Gasteiger partial charge in [-0.05, 0) is 242 Å². The summed E-state index contributed by atoms with van der Waals surface area (Å²) in [6, 6.07) is 65.1. The molecular formula is C64H48S2. The molecule has 0 nitrogen and oxygen atoms in total. The van der Waals surface area contributed by atoms with E-state index in [1.165, 1.54) is 160 Å². The molecule has 2 heteroatoms. The third-order valence-electron chi connectivity index (χ3n) is 14.1. The smallest absolute Gasteiger partial charge is 0.0355 e. The number of thioether (sulfide) groups is 1. The summed E-state index contributed by atoms with van der Waals surface area (Å²) < 4.78 is 1.33. The van der Waals surface area contributed by atoms with Crippen molar-refractivity contribution in [1.29, 1.82) is 0 Å². The quantitative estimate of drug-likeness (QED) is 0.103. The number of hydrogen-bond acceptors (Lipinski definition) is 2. The number of aryl methyl sites for hydroxylation is 1. The van der Waals surface area contributed by atoms with Crippen molar-refractivity contribution in [3.8, 4) is 0 Å². The van der Waals surface area contributed by atoms with Crippen molar-refractivity contribution in [1.82, 2.24) is 0 Å². The molecule has 1 aliphatic heterocycles. The highest BCUT2D eigenvalue weighted by atomic mass is 32.2. The molecule has 2 heterocycles. The van der Waals surface area contributed by atoms with Gasteiger partial charge in [0.05, 0.1) is 0 Å². The molecule has 1 unspecified atom stereocenters. The predicted molar refractivity (Wildman–Crippen MR) is 294 cm³/mol. The molecule has 1 aliphatic rings. The van der Waals surface area contributed by atoms with Gasteiger partial charge in [0.15, 0.2) is 0 Å². The highest BCUT2D eigenvalue weighted by Crippen LogP contribution is 2.42. The average molecular weight is 881 g/mol. The molecule has 0 saturated carbocycles. The summed E-state index contributed by atoms with van der Waals surface area (Å²) in [6.45, 7) is 2.28. The molecule has 13 rings (SSSR count). The maximum absolute atomic E-state index is 2.45. The Hall–Kier alpha value is -6.71. The molecule has 0 fully saturated rings. The van der Waals surface area contributed by atoms with Crippen LogP contribution in [0, 0.1) is 0 Å². The summed E-state index contributed by atoms with van der Waals surface area (Å²) in [6.07, 6.45) is 16.7. The van der Waals surface area contributed by atoms with E-state index in [0.29, 0.717) is 5.25 Å². The Kier molecular flexibility index (Phi) is 9.80. The standard InChI is InChI=1S/C64H48S2/c1-2-3-4-5-8-40-11-16-45-27-54-31-50-23-42(13-18-47(50)28-53(54)29-48(45)21-40)15-20-62-37-60-35-56-33-57-38-63-59(34-55(57)32-58(56)39-64(60)66-62)36-61(65-63)19-14-41-12-17-46-26-51-24-43-9-6-7-10-44(43)25-52(51)30-49(46)22-41/h6-7,9-36,38-39,62H,2-5,8,37H2,1H3/b19-14+,20-15+. The van der Waals surface area contributed by atoms with Crippen LogP contribution in [0.4, 0.5) is 0 Å². The van der Waals surface area contributed by atoms with Crippen LogP contribution in [-0.4, -0.2) is 5.25 Å². The second-order valence-electron chi connectivity index (χ2n) is 18.8. The van der Waals surface area contributed by atoms with Crippen LogP contribution in [0.1, 0.15) is 59.7 Å². The van der Waals surface area contributed by atoms with Crippen LogP contribution in [0.15, 0.2) is 181 Å². The Labute approximate surface area is 393 Å². The Morgan fingerprint density at radius 3 is 1.59 bits per heavy atom. The molecule has 0 amide bonds. The second-order valence-corrected chi connectivity index (χ2v) is 21.2. The van der Waals surface area contributed by atoms with Gasteiger partial charge in [0, 0.05) is 19.7 Å². The zero-order chi connectivity index (χ0) is 43.7. The highest BCUT2D eigenvalue weighted by Gasteiger charge is 2.21. The van der Waals surface area contributed by atoms with E-state index in [9.17, 15) is 0 Å². The maximum Gasteiger partial charge on any atom is 0.0355 e. The van der Waals surface area contributed by atoms with Gasteiger partial charge in [-0.15, -0.1) is 23.1 Å². The van der Waals surface area contributed by atoms with Crippen LogP contribution in [0.2, 0.25) is 0 Å². The molecule has 1 aromatic heterocycles. The van der Waals surface area contributed by atoms with Gasteiger partial charge >= 0.3 is 0 Å². The number of fused-ring (bicyclic) bond motifs is 10. The van der Waals surface area contributed by atoms with Crippen molar-refractivity contribution < 1.29 is 0 Å². The van der Waals surface area contributed by atoms with Crippen LogP contribution in [0.25, 0.3) is 114 Å². The normalized spacial score (nSPS) is 14.3. The summed E-state index contributed by atoms with van der Waals surface area (Å²) in [5.74, 6) is 0. The summed E-state index contributed by atoms with van der Waals surface area (Å²) in [5, 5.41) is 22.6. The first-order chi connectivity index (χ1) is 32.5. The second kappa shape index (κ2) is 16.3. The number of hydrogen-bond donors (Lipinski definition) is 0. The minimum atomic E-state index is 0.425. The van der Waals surface area contributed by atoms with Crippen molar-refractivity contribution in [3.05, 3.63) is 203 Å². The lowest BCUT2D eigenvalue weighted by Crippen LogP contribution is -1.94. The Bertz CT molecular complexity index is 3910. The SMILES string of the molecule is CCCCCCc1ccc2cc3cc4cc(/C=C/C5Cc6cc7cc8cc9sc(/C=C/c%10ccc%11cc%12cc%13ccccc%13cc%12cc%11c%10)cc9cc8cc7cc6S5)ccc4cc3cc2c1. The van der Waals surface area contributed by atoms with Gasteiger partial charge in [0.1, 0.15) is 0 Å². The van der Waals surface area contributed by atoms with Gasteiger partial charge in [0.2, 0.25) is 0 Å². The van der Waals surface area contributed by atoms with E-state index in [1.54, 1.807) is 0 Å². The Balaban J connectivity index is 0.714. The van der Waals surface area contributed by atoms with Crippen LogP contribution >= 0.6 is 23.1 Å². The van der Waals surface area contributed by atoms with Crippen molar-refractivity contribution in [3.63, 3.8) is 0 Å². The lowest BCUT2D eigenvalue weighted by atomic mass is 9.96. The molecule has 316 valence electrons. The first-order valence-electron chi connectivity index (χ1n) is 23.7. The van der Waals surface area contributed by atoms with Crippen LogP contribution in [-0.2, 0) is 12.8 Å². The first-order valence-corrected chi connectivity index (χ1v) is 25.4. The molecule has 11 aromatic carbocycles. The molecule has 0 N–H and O–H groups in total. The molecule has 66 heavy (non-hydrogen) atoms. The third kappa shape index (κ3) is 7.53. The number of benzene rings is 11. The lowest BCUT2D eigenvalue weighted by molar-refractivity contribution is 0.667. The van der Waals surface area contributed by atoms with Crippen molar-refractivity contribution in [2.24, 2.45) is 0 Å². The Morgan fingerprint density at radius 2 is 0.939 bits per heavy atom. The molecular weight excluding hydrogens is 833 g/mol. The largest absolute Gasteiger partial charge is 0.136 e. The predicted octanol–water partition coefficient (Wildman–Crippen LogP) is 19.2. The average Bonchev–Trinajstić information content (AvgIpc) is 3.93. The summed E-state index contributed by atoms with van der Waals surface area (Å²) in [7, 11) is 0. The van der Waals surface area contributed by atoms with Crippen molar-refractivity contribution >= 4 is 138 Å². The summed E-state index contributed by atoms with van der Waals surface area (Å²) in [4.78, 5) is 2.69. The van der Waals surface area contributed by atoms with Gasteiger partial charge < -0.3 is 0 Å². The van der Waals surface area contributed by atoms with E-state index in [1.807, 2.05) is 23.1 Å². The van der Waals surface area contributed by atoms with Crippen LogP contribution in [0.3, 0.4) is 0 Å². The number of thiophene rings is 1. The minimum Gasteiger partial charge on any atom is -0.136 e. The van der Waals surface area contributed by atoms with E-state index < -0.39 is 0 Å². The zero-order valence-electron chi connectivity index (χ0n) is 37.1. The topological polar surface area (TPSA) is 0 Å². The van der Waals surface area contributed by atoms with Gasteiger partial charge in [-0.2, -0.15) is 0 Å². The lowest BCUT2D eigenvalue weighted by Gasteiger charge is -2.08. The highest BCUT2D eigenvalue weighted by molar-refractivity contribution is 8.00. The van der Waals surface area contributed by atoms with Gasteiger partial charge in [-0.1, -0.05) is 111 Å². The van der Waals surface area contributed by atoms with Gasteiger partial charge in [-0.3, -0.25) is 0 Å². The van der Waals surface area contributed by atoms with Crippen molar-refractivity contribution in [2.75, 3.05) is 0 Å². The summed E-state index contributed by atoms with van der Waals surface area (Å²) >= 11 is 3.88. The van der Waals surface area contributed by atoms with Crippen LogP contribution < -0.4 is 0 Å². The van der Waals surface area contributed by atoms with E-state index >= 15 is 0 Å². The number of rotatable bonds is 9. The molecule has 0 bridgehead atoms. The molecule has 1 atom stereocenters. The number of unbranched alkanes of at least 4 members (excludes halogenated alkanes) is 3. The molecule has 0 saturated heterocycles. The fourth-order valence-corrected chi connectivity index (χ4v) is 12.8. The monoisotopic (exact) mass is 880 g/mol.